The van der Waals surface area contributed by atoms with Crippen molar-refractivity contribution in [2.24, 2.45) is 0 Å². The first-order valence-electron chi connectivity index (χ1n) is 8.17. The van der Waals surface area contributed by atoms with Crippen LogP contribution in [0.2, 0.25) is 0 Å². The van der Waals surface area contributed by atoms with Gasteiger partial charge in [0.1, 0.15) is 11.6 Å². The van der Waals surface area contributed by atoms with Crippen LogP contribution in [-0.2, 0) is 17.8 Å². The summed E-state index contributed by atoms with van der Waals surface area (Å²) in [5.41, 5.74) is 1.75. The molecule has 3 aromatic rings. The van der Waals surface area contributed by atoms with Crippen molar-refractivity contribution in [2.45, 2.75) is 32.7 Å². The Labute approximate surface area is 140 Å². The number of nitrogens with zero attached hydrogens (tertiary/aromatic N) is 2. The second-order valence-corrected chi connectivity index (χ2v) is 5.98. The summed E-state index contributed by atoms with van der Waals surface area (Å²) in [6, 6.07) is 17.3. The fraction of sp³-hybridized carbons (Fsp3) is 0.250. The van der Waals surface area contributed by atoms with Crippen molar-refractivity contribution >= 4 is 16.7 Å². The maximum absolute atomic E-state index is 12.9. The monoisotopic (exact) mass is 320 g/mol. The van der Waals surface area contributed by atoms with Gasteiger partial charge in [-0.15, -0.1) is 0 Å². The summed E-state index contributed by atoms with van der Waals surface area (Å²) < 4.78 is 1.73. The molecule has 122 valence electrons. The van der Waals surface area contributed by atoms with E-state index in [1.165, 1.54) is 0 Å². The number of hydrogen-bond acceptors (Lipinski definition) is 3. The molecule has 0 radical (unpaired) electrons. The number of benzene rings is 2. The van der Waals surface area contributed by atoms with E-state index >= 15 is 0 Å². The van der Waals surface area contributed by atoms with Crippen molar-refractivity contribution in [3.63, 3.8) is 0 Å². The Balaban J connectivity index is 2.03. The summed E-state index contributed by atoms with van der Waals surface area (Å²) in [5, 5.41) is 0.628. The first-order valence-corrected chi connectivity index (χ1v) is 8.17. The van der Waals surface area contributed by atoms with Gasteiger partial charge in [0.2, 0.25) is 0 Å². The number of hydrogen-bond donors (Lipinski definition) is 0. The molecule has 0 fully saturated rings. The van der Waals surface area contributed by atoms with Crippen molar-refractivity contribution < 1.29 is 4.79 Å². The molecule has 0 amide bonds. The highest BCUT2D eigenvalue weighted by Crippen LogP contribution is 2.12. The van der Waals surface area contributed by atoms with E-state index in [0.717, 1.165) is 11.4 Å². The molecule has 3 rings (SSSR count). The minimum Gasteiger partial charge on any atom is -0.300 e. The van der Waals surface area contributed by atoms with Crippen LogP contribution in [0.25, 0.3) is 10.9 Å². The molecule has 0 saturated heterocycles. The molecule has 24 heavy (non-hydrogen) atoms. The maximum atomic E-state index is 12.9. The van der Waals surface area contributed by atoms with Gasteiger partial charge >= 0.3 is 0 Å². The zero-order valence-corrected chi connectivity index (χ0v) is 13.7. The molecule has 4 heteroatoms. The largest absolute Gasteiger partial charge is 0.300 e. The highest BCUT2D eigenvalue weighted by molar-refractivity contribution is 5.77. The van der Waals surface area contributed by atoms with Gasteiger partial charge in [0.15, 0.2) is 0 Å². The van der Waals surface area contributed by atoms with Crippen molar-refractivity contribution in [1.82, 2.24) is 9.55 Å². The van der Waals surface area contributed by atoms with Crippen LogP contribution in [0.1, 0.15) is 31.2 Å². The van der Waals surface area contributed by atoms with E-state index in [9.17, 15) is 9.59 Å². The average molecular weight is 320 g/mol. The number of fused-ring (bicyclic) bond motifs is 1. The van der Waals surface area contributed by atoms with Gasteiger partial charge in [-0.3, -0.25) is 9.36 Å². The van der Waals surface area contributed by atoms with Crippen molar-refractivity contribution in [1.29, 1.82) is 0 Å². The van der Waals surface area contributed by atoms with Gasteiger partial charge in [0, 0.05) is 12.8 Å². The Bertz CT molecular complexity index is 914. The summed E-state index contributed by atoms with van der Waals surface area (Å²) in [6.07, 6.45) is 1.83. The summed E-state index contributed by atoms with van der Waals surface area (Å²) >= 11 is 0. The van der Waals surface area contributed by atoms with Crippen LogP contribution in [0.5, 0.6) is 0 Å². The number of ketones is 1. The third-order valence-corrected chi connectivity index (χ3v) is 4.05. The van der Waals surface area contributed by atoms with E-state index in [2.05, 4.69) is 4.98 Å². The van der Waals surface area contributed by atoms with Crippen LogP contribution in [-0.4, -0.2) is 15.3 Å². The molecule has 0 aliphatic carbocycles. The highest BCUT2D eigenvalue weighted by atomic mass is 16.1. The lowest BCUT2D eigenvalue weighted by Gasteiger charge is -2.13. The lowest BCUT2D eigenvalue weighted by Crippen LogP contribution is -2.26. The normalized spacial score (nSPS) is 10.9. The predicted molar refractivity (Wildman–Crippen MR) is 95.2 cm³/mol. The number of aromatic nitrogens is 2. The fourth-order valence-electron chi connectivity index (χ4n) is 2.83. The Morgan fingerprint density at radius 2 is 1.75 bits per heavy atom. The maximum Gasteiger partial charge on any atom is 0.261 e. The first-order chi connectivity index (χ1) is 11.6. The smallest absolute Gasteiger partial charge is 0.261 e. The van der Waals surface area contributed by atoms with E-state index in [1.54, 1.807) is 11.5 Å². The van der Waals surface area contributed by atoms with Crippen molar-refractivity contribution in [2.75, 3.05) is 0 Å². The molecule has 1 aromatic heterocycles. The van der Waals surface area contributed by atoms with Crippen molar-refractivity contribution in [3.8, 4) is 0 Å². The molecule has 1 heterocycles. The topological polar surface area (TPSA) is 52.0 Å². The van der Waals surface area contributed by atoms with Crippen LogP contribution >= 0.6 is 0 Å². The number of Topliss-reactive ketones (excluding diaryl/α,β-unsaturated/α-hetero) is 1. The predicted octanol–water partition coefficient (Wildman–Crippen LogP) is 3.36. The van der Waals surface area contributed by atoms with E-state index in [4.69, 9.17) is 0 Å². The molecular formula is C20H20N2O2. The third-order valence-electron chi connectivity index (χ3n) is 4.05. The van der Waals surface area contributed by atoms with Crippen LogP contribution in [0.4, 0.5) is 0 Å². The Kier molecular flexibility index (Phi) is 4.85. The molecule has 0 atom stereocenters. The number of para-hydroxylation sites is 1. The zero-order chi connectivity index (χ0) is 16.9. The molecule has 0 bridgehead atoms. The summed E-state index contributed by atoms with van der Waals surface area (Å²) in [4.78, 5) is 28.8. The molecule has 0 unspecified atom stereocenters. The van der Waals surface area contributed by atoms with Gasteiger partial charge in [-0.25, -0.2) is 4.98 Å². The minimum absolute atomic E-state index is 0.0257. The Hall–Kier alpha value is -2.75. The molecule has 0 saturated carbocycles. The molecule has 0 N–H and O–H groups in total. The number of aryl methyl sites for hydroxylation is 1. The third kappa shape index (κ3) is 3.59. The van der Waals surface area contributed by atoms with Gasteiger partial charge in [0.25, 0.3) is 5.56 Å². The highest BCUT2D eigenvalue weighted by Gasteiger charge is 2.11. The van der Waals surface area contributed by atoms with Crippen LogP contribution < -0.4 is 5.56 Å². The van der Waals surface area contributed by atoms with Gasteiger partial charge < -0.3 is 4.79 Å². The molecule has 0 aliphatic rings. The van der Waals surface area contributed by atoms with Gasteiger partial charge in [-0.05, 0) is 31.0 Å². The quantitative estimate of drug-likeness (QED) is 0.700. The second-order valence-electron chi connectivity index (χ2n) is 5.98. The van der Waals surface area contributed by atoms with Crippen LogP contribution in [0, 0.1) is 0 Å². The fourth-order valence-corrected chi connectivity index (χ4v) is 2.83. The second kappa shape index (κ2) is 7.21. The van der Waals surface area contributed by atoms with E-state index in [0.29, 0.717) is 36.7 Å². The van der Waals surface area contributed by atoms with Crippen molar-refractivity contribution in [3.05, 3.63) is 76.3 Å². The lowest BCUT2D eigenvalue weighted by molar-refractivity contribution is -0.117. The summed E-state index contributed by atoms with van der Waals surface area (Å²) in [5.74, 6) is 0.900. The van der Waals surface area contributed by atoms with Gasteiger partial charge in [0.05, 0.1) is 17.4 Å². The van der Waals surface area contributed by atoms with Gasteiger partial charge in [-0.1, -0.05) is 42.5 Å². The molecule has 0 aliphatic heterocycles. The van der Waals surface area contributed by atoms with E-state index in [-0.39, 0.29) is 11.3 Å². The van der Waals surface area contributed by atoms with Crippen LogP contribution in [0.15, 0.2) is 59.4 Å². The standard InChI is InChI=1S/C20H20N2O2/c1-15(23)8-7-13-19-21-18-12-6-5-11-17(18)20(24)22(19)14-16-9-3-2-4-10-16/h2-6,9-12H,7-8,13-14H2,1H3. The molecule has 0 spiro atoms. The Morgan fingerprint density at radius 3 is 2.50 bits per heavy atom. The summed E-state index contributed by atoms with van der Waals surface area (Å²) in [6.45, 7) is 2.08. The molecule has 2 aromatic carbocycles. The molecular weight excluding hydrogens is 300 g/mol. The van der Waals surface area contributed by atoms with Gasteiger partial charge in [-0.2, -0.15) is 0 Å². The van der Waals surface area contributed by atoms with Crippen LogP contribution in [0.3, 0.4) is 0 Å². The number of rotatable bonds is 6. The Morgan fingerprint density at radius 1 is 1.04 bits per heavy atom. The van der Waals surface area contributed by atoms with E-state index < -0.39 is 0 Å². The average Bonchev–Trinajstić information content (AvgIpc) is 2.59. The number of carbonyl (C=O) groups is 1. The first kappa shape index (κ1) is 16.1. The summed E-state index contributed by atoms with van der Waals surface area (Å²) in [7, 11) is 0. The lowest BCUT2D eigenvalue weighted by atomic mass is 10.1. The zero-order valence-electron chi connectivity index (χ0n) is 13.7. The molecule has 4 nitrogen and oxygen atoms in total. The minimum atomic E-state index is -0.0257. The van der Waals surface area contributed by atoms with E-state index in [1.807, 2.05) is 54.6 Å². The SMILES string of the molecule is CC(=O)CCCc1nc2ccccc2c(=O)n1Cc1ccccc1. The number of carbonyl (C=O) groups excluding carboxylic acids is 1.